The Morgan fingerprint density at radius 1 is 0.950 bits per heavy atom. The van der Waals surface area contributed by atoms with Gasteiger partial charge in [0.05, 0.1) is 12.7 Å². The van der Waals surface area contributed by atoms with Gasteiger partial charge in [-0.05, 0) is 68.9 Å². The van der Waals surface area contributed by atoms with Crippen LogP contribution in [0.2, 0.25) is 5.02 Å². The SMILES string of the molecule is COC(=O)c1cnc(N2CCC(N(C(=O)OC(C)(C)C)C3CC3c3ccc(-c4ccc(Cl)cc4)cc3)CC2)nc1. The molecule has 0 bridgehead atoms. The summed E-state index contributed by atoms with van der Waals surface area (Å²) in [6.07, 6.45) is 5.19. The molecule has 8 nitrogen and oxygen atoms in total. The first-order valence-electron chi connectivity index (χ1n) is 13.7. The maximum atomic E-state index is 13.5. The maximum Gasteiger partial charge on any atom is 0.410 e. The molecule has 1 amide bonds. The van der Waals surface area contributed by atoms with E-state index in [2.05, 4.69) is 39.1 Å². The highest BCUT2D eigenvalue weighted by Gasteiger charge is 2.49. The summed E-state index contributed by atoms with van der Waals surface area (Å²) in [6.45, 7) is 7.12. The molecule has 0 spiro atoms. The van der Waals surface area contributed by atoms with Crippen molar-refractivity contribution in [3.63, 3.8) is 0 Å². The van der Waals surface area contributed by atoms with Gasteiger partial charge in [0.15, 0.2) is 0 Å². The molecule has 2 heterocycles. The molecule has 1 aliphatic carbocycles. The number of piperidine rings is 1. The Kier molecular flexibility index (Phi) is 7.99. The molecule has 1 saturated carbocycles. The standard InChI is InChI=1S/C31H35ClN4O4/c1-31(2,3)40-30(38)36(25-13-15-35(16-14-25)29-33-18-23(19-34-29)28(37)39-4)27-17-26(27)22-7-5-20(6-8-22)21-9-11-24(32)12-10-21/h5-12,18-19,25-27H,13-17H2,1-4H3. The highest BCUT2D eigenvalue weighted by atomic mass is 35.5. The highest BCUT2D eigenvalue weighted by molar-refractivity contribution is 6.30. The van der Waals surface area contributed by atoms with Gasteiger partial charge in [0.25, 0.3) is 0 Å². The summed E-state index contributed by atoms with van der Waals surface area (Å²) in [6, 6.07) is 16.6. The van der Waals surface area contributed by atoms with E-state index < -0.39 is 11.6 Å². The van der Waals surface area contributed by atoms with Crippen LogP contribution in [-0.4, -0.2) is 64.8 Å². The van der Waals surface area contributed by atoms with Gasteiger partial charge in [0.1, 0.15) is 5.60 Å². The van der Waals surface area contributed by atoms with E-state index in [1.54, 1.807) is 0 Å². The van der Waals surface area contributed by atoms with Crippen LogP contribution in [0.1, 0.15) is 61.9 Å². The van der Waals surface area contributed by atoms with E-state index in [1.165, 1.54) is 25.1 Å². The van der Waals surface area contributed by atoms with Gasteiger partial charge < -0.3 is 19.3 Å². The lowest BCUT2D eigenvalue weighted by atomic mass is 10.0. The first-order valence-corrected chi connectivity index (χ1v) is 14.0. The molecule has 3 aromatic rings. The Labute approximate surface area is 240 Å². The van der Waals surface area contributed by atoms with Crippen molar-refractivity contribution in [2.45, 2.75) is 63.6 Å². The van der Waals surface area contributed by atoms with Gasteiger partial charge in [0, 0.05) is 48.5 Å². The third-order valence-corrected chi connectivity index (χ3v) is 7.69. The lowest BCUT2D eigenvalue weighted by Crippen LogP contribution is -2.50. The van der Waals surface area contributed by atoms with E-state index in [4.69, 9.17) is 21.1 Å². The Morgan fingerprint density at radius 3 is 2.08 bits per heavy atom. The van der Waals surface area contributed by atoms with Crippen LogP contribution in [0.15, 0.2) is 60.9 Å². The number of aromatic nitrogens is 2. The van der Waals surface area contributed by atoms with E-state index in [0.717, 1.165) is 35.4 Å². The quantitative estimate of drug-likeness (QED) is 0.324. The number of amides is 1. The Hall–Kier alpha value is -3.65. The van der Waals surface area contributed by atoms with Crippen LogP contribution < -0.4 is 4.90 Å². The molecule has 1 saturated heterocycles. The van der Waals surface area contributed by atoms with Crippen LogP contribution in [0, 0.1) is 0 Å². The fourth-order valence-electron chi connectivity index (χ4n) is 5.33. The molecule has 210 valence electrons. The first-order chi connectivity index (χ1) is 19.1. The van der Waals surface area contributed by atoms with Crippen LogP contribution >= 0.6 is 11.6 Å². The highest BCUT2D eigenvalue weighted by Crippen LogP contribution is 2.47. The van der Waals surface area contributed by atoms with Crippen molar-refractivity contribution in [3.8, 4) is 11.1 Å². The van der Waals surface area contributed by atoms with Gasteiger partial charge in [-0.1, -0.05) is 48.0 Å². The minimum Gasteiger partial charge on any atom is -0.465 e. The zero-order valence-corrected chi connectivity index (χ0v) is 24.1. The number of carbonyl (C=O) groups excluding carboxylic acids is 2. The smallest absolute Gasteiger partial charge is 0.410 e. The van der Waals surface area contributed by atoms with E-state index in [0.29, 0.717) is 24.6 Å². The van der Waals surface area contributed by atoms with Crippen LogP contribution in [0.25, 0.3) is 11.1 Å². The number of rotatable bonds is 6. The molecule has 2 fully saturated rings. The first kappa shape index (κ1) is 27.9. The van der Waals surface area contributed by atoms with Crippen molar-refractivity contribution in [1.29, 1.82) is 0 Å². The molecular weight excluding hydrogens is 528 g/mol. The van der Waals surface area contributed by atoms with Crippen molar-refractivity contribution in [1.82, 2.24) is 14.9 Å². The van der Waals surface area contributed by atoms with Crippen molar-refractivity contribution < 1.29 is 19.1 Å². The monoisotopic (exact) mass is 562 g/mol. The molecule has 40 heavy (non-hydrogen) atoms. The summed E-state index contributed by atoms with van der Waals surface area (Å²) in [7, 11) is 1.33. The van der Waals surface area contributed by atoms with E-state index in [9.17, 15) is 9.59 Å². The number of carbonyl (C=O) groups is 2. The summed E-state index contributed by atoms with van der Waals surface area (Å²) in [5.74, 6) is 0.385. The molecule has 2 aromatic carbocycles. The number of hydrogen-bond acceptors (Lipinski definition) is 7. The second-order valence-electron chi connectivity index (χ2n) is 11.4. The number of halogens is 1. The summed E-state index contributed by atoms with van der Waals surface area (Å²) in [5.41, 5.74) is 3.23. The molecule has 2 aliphatic rings. The predicted octanol–water partition coefficient (Wildman–Crippen LogP) is 6.35. The van der Waals surface area contributed by atoms with Crippen molar-refractivity contribution in [2.75, 3.05) is 25.1 Å². The number of benzene rings is 2. The largest absolute Gasteiger partial charge is 0.465 e. The van der Waals surface area contributed by atoms with Gasteiger partial charge in [-0.2, -0.15) is 0 Å². The number of esters is 1. The second kappa shape index (κ2) is 11.5. The predicted molar refractivity (Wildman–Crippen MR) is 155 cm³/mol. The number of nitrogens with zero attached hydrogens (tertiary/aromatic N) is 4. The minimum atomic E-state index is -0.574. The topological polar surface area (TPSA) is 84.9 Å². The average Bonchev–Trinajstić information content (AvgIpc) is 3.73. The zero-order valence-electron chi connectivity index (χ0n) is 23.3. The van der Waals surface area contributed by atoms with Gasteiger partial charge in [0.2, 0.25) is 5.95 Å². The lowest BCUT2D eigenvalue weighted by Gasteiger charge is -2.39. The van der Waals surface area contributed by atoms with E-state index >= 15 is 0 Å². The van der Waals surface area contributed by atoms with Crippen molar-refractivity contribution >= 4 is 29.6 Å². The summed E-state index contributed by atoms with van der Waals surface area (Å²) < 4.78 is 10.6. The molecule has 2 atom stereocenters. The van der Waals surface area contributed by atoms with Gasteiger partial charge in [-0.15, -0.1) is 0 Å². The van der Waals surface area contributed by atoms with Crippen molar-refractivity contribution in [2.24, 2.45) is 0 Å². The minimum absolute atomic E-state index is 0.0591. The molecule has 0 N–H and O–H groups in total. The normalized spacial score (nSPS) is 19.2. The van der Waals surface area contributed by atoms with Crippen LogP contribution in [-0.2, 0) is 9.47 Å². The molecular formula is C31H35ClN4O4. The number of hydrogen-bond donors (Lipinski definition) is 0. The Morgan fingerprint density at radius 2 is 1.52 bits per heavy atom. The fourth-order valence-corrected chi connectivity index (χ4v) is 5.46. The zero-order chi connectivity index (χ0) is 28.4. The molecule has 9 heteroatoms. The molecule has 0 radical (unpaired) electrons. The van der Waals surface area contributed by atoms with E-state index in [-0.39, 0.29) is 24.1 Å². The Balaban J connectivity index is 1.27. The van der Waals surface area contributed by atoms with Gasteiger partial charge in [-0.3, -0.25) is 0 Å². The molecule has 1 aliphatic heterocycles. The van der Waals surface area contributed by atoms with Crippen molar-refractivity contribution in [3.05, 3.63) is 77.1 Å². The maximum absolute atomic E-state index is 13.5. The van der Waals surface area contributed by atoms with E-state index in [1.807, 2.05) is 49.9 Å². The number of ether oxygens (including phenoxy) is 2. The Bertz CT molecular complexity index is 1330. The molecule has 1 aromatic heterocycles. The summed E-state index contributed by atoms with van der Waals surface area (Å²) >= 11 is 6.04. The molecule has 5 rings (SSSR count). The summed E-state index contributed by atoms with van der Waals surface area (Å²) in [5, 5.41) is 0.721. The van der Waals surface area contributed by atoms with Crippen LogP contribution in [0.5, 0.6) is 0 Å². The van der Waals surface area contributed by atoms with Gasteiger partial charge >= 0.3 is 12.1 Å². The molecule has 2 unspecified atom stereocenters. The van der Waals surface area contributed by atoms with Gasteiger partial charge in [-0.25, -0.2) is 19.6 Å². The summed E-state index contributed by atoms with van der Waals surface area (Å²) in [4.78, 5) is 38.0. The average molecular weight is 563 g/mol. The second-order valence-corrected chi connectivity index (χ2v) is 11.8. The number of anilines is 1. The fraction of sp³-hybridized carbons (Fsp3) is 0.419. The third-order valence-electron chi connectivity index (χ3n) is 7.43. The third kappa shape index (κ3) is 6.39. The van der Waals surface area contributed by atoms with Crippen LogP contribution in [0.4, 0.5) is 10.7 Å². The van der Waals surface area contributed by atoms with Crippen LogP contribution in [0.3, 0.4) is 0 Å². The lowest BCUT2D eigenvalue weighted by molar-refractivity contribution is 0.0108. The number of methoxy groups -OCH3 is 1.